The van der Waals surface area contributed by atoms with Crippen LogP contribution in [-0.4, -0.2) is 19.0 Å². The second-order valence-corrected chi connectivity index (χ2v) is 5.34. The molecule has 0 aliphatic rings. The van der Waals surface area contributed by atoms with E-state index in [4.69, 9.17) is 4.74 Å². The lowest BCUT2D eigenvalue weighted by Gasteiger charge is -2.08. The van der Waals surface area contributed by atoms with Crippen molar-refractivity contribution in [1.82, 2.24) is 5.32 Å². The molecular formula is C17H14BrNO3. The molecule has 0 aliphatic carbocycles. The third-order valence-corrected chi connectivity index (χ3v) is 3.40. The van der Waals surface area contributed by atoms with Crippen molar-refractivity contribution in [1.29, 1.82) is 0 Å². The average molecular weight is 360 g/mol. The van der Waals surface area contributed by atoms with E-state index in [9.17, 15) is 9.59 Å². The molecule has 0 aliphatic heterocycles. The first-order chi connectivity index (χ1) is 10.6. The molecule has 0 aromatic heterocycles. The minimum Gasteiger partial charge on any atom is -0.464 e. The Morgan fingerprint density at radius 2 is 1.68 bits per heavy atom. The van der Waals surface area contributed by atoms with Crippen LogP contribution in [0.3, 0.4) is 0 Å². The number of carbonyl (C=O) groups is 2. The van der Waals surface area contributed by atoms with Gasteiger partial charge in [0.15, 0.2) is 0 Å². The third kappa shape index (κ3) is 4.30. The highest BCUT2D eigenvalue weighted by Crippen LogP contribution is 2.13. The normalized spacial score (nSPS) is 10.9. The number of amides is 1. The van der Waals surface area contributed by atoms with E-state index in [0.29, 0.717) is 5.56 Å². The van der Waals surface area contributed by atoms with Crippen molar-refractivity contribution in [2.75, 3.05) is 7.11 Å². The SMILES string of the molecule is COC(=O)/C(=C\c1ccc(Br)cc1)NC(=O)c1ccccc1. The molecule has 0 unspecified atom stereocenters. The Bertz CT molecular complexity index is 694. The third-order valence-electron chi connectivity index (χ3n) is 2.87. The molecule has 1 amide bonds. The van der Waals surface area contributed by atoms with Gasteiger partial charge in [0.2, 0.25) is 0 Å². The van der Waals surface area contributed by atoms with Crippen LogP contribution in [0.1, 0.15) is 15.9 Å². The number of ether oxygens (including phenoxy) is 1. The summed E-state index contributed by atoms with van der Waals surface area (Å²) in [7, 11) is 1.27. The first kappa shape index (κ1) is 16.0. The second kappa shape index (κ2) is 7.56. The van der Waals surface area contributed by atoms with Gasteiger partial charge >= 0.3 is 5.97 Å². The fourth-order valence-corrected chi connectivity index (χ4v) is 2.03. The summed E-state index contributed by atoms with van der Waals surface area (Å²) >= 11 is 3.34. The monoisotopic (exact) mass is 359 g/mol. The van der Waals surface area contributed by atoms with Gasteiger partial charge in [0.25, 0.3) is 5.91 Å². The van der Waals surface area contributed by atoms with Crippen LogP contribution in [0.2, 0.25) is 0 Å². The minimum absolute atomic E-state index is 0.0821. The maximum absolute atomic E-state index is 12.2. The zero-order valence-electron chi connectivity index (χ0n) is 11.9. The maximum atomic E-state index is 12.2. The largest absolute Gasteiger partial charge is 0.464 e. The van der Waals surface area contributed by atoms with E-state index in [1.165, 1.54) is 7.11 Å². The number of rotatable bonds is 4. The number of esters is 1. The van der Waals surface area contributed by atoms with Crippen LogP contribution in [0.4, 0.5) is 0 Å². The van der Waals surface area contributed by atoms with Crippen molar-refractivity contribution in [2.24, 2.45) is 0 Å². The maximum Gasteiger partial charge on any atom is 0.354 e. The standard InChI is InChI=1S/C17H14BrNO3/c1-22-17(21)15(11-12-7-9-14(18)10-8-12)19-16(20)13-5-3-2-4-6-13/h2-11H,1H3,(H,19,20)/b15-11+. The number of methoxy groups -OCH3 is 1. The Kier molecular flexibility index (Phi) is 5.49. The topological polar surface area (TPSA) is 55.4 Å². The number of carbonyl (C=O) groups excluding carboxylic acids is 2. The van der Waals surface area contributed by atoms with Crippen molar-refractivity contribution in [3.8, 4) is 0 Å². The van der Waals surface area contributed by atoms with Gasteiger partial charge in [0.05, 0.1) is 7.11 Å². The molecule has 0 saturated carbocycles. The molecular weight excluding hydrogens is 346 g/mol. The van der Waals surface area contributed by atoms with Gasteiger partial charge in [-0.2, -0.15) is 0 Å². The van der Waals surface area contributed by atoms with Gasteiger partial charge in [-0.05, 0) is 35.9 Å². The Morgan fingerprint density at radius 3 is 2.27 bits per heavy atom. The Balaban J connectivity index is 2.25. The van der Waals surface area contributed by atoms with Gasteiger partial charge in [-0.1, -0.05) is 46.3 Å². The highest BCUT2D eigenvalue weighted by Gasteiger charge is 2.14. The fourth-order valence-electron chi connectivity index (χ4n) is 1.77. The molecule has 0 atom stereocenters. The molecule has 0 fully saturated rings. The summed E-state index contributed by atoms with van der Waals surface area (Å²) in [6.07, 6.45) is 1.57. The average Bonchev–Trinajstić information content (AvgIpc) is 2.56. The molecule has 112 valence electrons. The first-order valence-corrected chi connectivity index (χ1v) is 7.31. The van der Waals surface area contributed by atoms with Crippen LogP contribution < -0.4 is 5.32 Å². The quantitative estimate of drug-likeness (QED) is 0.672. The lowest BCUT2D eigenvalue weighted by Crippen LogP contribution is -2.28. The number of halogens is 1. The molecule has 2 aromatic rings. The van der Waals surface area contributed by atoms with Crippen molar-refractivity contribution >= 4 is 33.9 Å². The molecule has 2 rings (SSSR count). The Morgan fingerprint density at radius 1 is 1.05 bits per heavy atom. The fraction of sp³-hybridized carbons (Fsp3) is 0.0588. The van der Waals surface area contributed by atoms with Gasteiger partial charge in [-0.3, -0.25) is 4.79 Å². The summed E-state index contributed by atoms with van der Waals surface area (Å²) in [5.41, 5.74) is 1.32. The van der Waals surface area contributed by atoms with Gasteiger partial charge in [0.1, 0.15) is 5.70 Å². The van der Waals surface area contributed by atoms with E-state index in [0.717, 1.165) is 10.0 Å². The molecule has 0 bridgehead atoms. The number of hydrogen-bond donors (Lipinski definition) is 1. The van der Waals surface area contributed by atoms with E-state index in [1.54, 1.807) is 30.3 Å². The molecule has 0 spiro atoms. The van der Waals surface area contributed by atoms with Crippen molar-refractivity contribution < 1.29 is 14.3 Å². The van der Waals surface area contributed by atoms with Crippen LogP contribution in [0, 0.1) is 0 Å². The highest BCUT2D eigenvalue weighted by molar-refractivity contribution is 9.10. The highest BCUT2D eigenvalue weighted by atomic mass is 79.9. The summed E-state index contributed by atoms with van der Waals surface area (Å²) in [5.74, 6) is -0.971. The number of hydrogen-bond acceptors (Lipinski definition) is 3. The van der Waals surface area contributed by atoms with E-state index < -0.39 is 5.97 Å². The first-order valence-electron chi connectivity index (χ1n) is 6.52. The zero-order chi connectivity index (χ0) is 15.9. The summed E-state index contributed by atoms with van der Waals surface area (Å²) in [6, 6.07) is 16.0. The molecule has 0 radical (unpaired) electrons. The second-order valence-electron chi connectivity index (χ2n) is 4.42. The van der Waals surface area contributed by atoms with Gasteiger partial charge in [0, 0.05) is 10.0 Å². The minimum atomic E-state index is -0.604. The van der Waals surface area contributed by atoms with E-state index >= 15 is 0 Å². The lowest BCUT2D eigenvalue weighted by molar-refractivity contribution is -0.136. The van der Waals surface area contributed by atoms with E-state index in [1.807, 2.05) is 30.3 Å². The molecule has 1 N–H and O–H groups in total. The zero-order valence-corrected chi connectivity index (χ0v) is 13.5. The molecule has 4 nitrogen and oxygen atoms in total. The molecule has 2 aromatic carbocycles. The number of nitrogens with one attached hydrogen (secondary N) is 1. The molecule has 0 saturated heterocycles. The van der Waals surface area contributed by atoms with Gasteiger partial charge in [-0.15, -0.1) is 0 Å². The van der Waals surface area contributed by atoms with Crippen LogP contribution in [-0.2, 0) is 9.53 Å². The van der Waals surface area contributed by atoms with Gasteiger partial charge < -0.3 is 10.1 Å². The van der Waals surface area contributed by atoms with Crippen molar-refractivity contribution in [3.05, 3.63) is 75.9 Å². The van der Waals surface area contributed by atoms with Crippen molar-refractivity contribution in [2.45, 2.75) is 0 Å². The molecule has 22 heavy (non-hydrogen) atoms. The van der Waals surface area contributed by atoms with Gasteiger partial charge in [-0.25, -0.2) is 4.79 Å². The summed E-state index contributed by atoms with van der Waals surface area (Å²) in [6.45, 7) is 0. The smallest absolute Gasteiger partial charge is 0.354 e. The Hall–Kier alpha value is -2.40. The predicted octanol–water partition coefficient (Wildman–Crippen LogP) is 3.39. The lowest BCUT2D eigenvalue weighted by atomic mass is 10.1. The Labute approximate surface area is 136 Å². The van der Waals surface area contributed by atoms with Crippen LogP contribution >= 0.6 is 15.9 Å². The van der Waals surface area contributed by atoms with E-state index in [2.05, 4.69) is 21.2 Å². The van der Waals surface area contributed by atoms with Crippen LogP contribution in [0.5, 0.6) is 0 Å². The number of benzene rings is 2. The predicted molar refractivity (Wildman–Crippen MR) is 88.0 cm³/mol. The van der Waals surface area contributed by atoms with Crippen molar-refractivity contribution in [3.63, 3.8) is 0 Å². The van der Waals surface area contributed by atoms with E-state index in [-0.39, 0.29) is 11.6 Å². The van der Waals surface area contributed by atoms with Crippen LogP contribution in [0.15, 0.2) is 64.8 Å². The molecule has 5 heteroatoms. The summed E-state index contributed by atoms with van der Waals surface area (Å²) in [5, 5.41) is 2.58. The van der Waals surface area contributed by atoms with Crippen LogP contribution in [0.25, 0.3) is 6.08 Å². The molecule has 0 heterocycles. The summed E-state index contributed by atoms with van der Waals surface area (Å²) < 4.78 is 5.64. The summed E-state index contributed by atoms with van der Waals surface area (Å²) in [4.78, 5) is 24.0.